The summed E-state index contributed by atoms with van der Waals surface area (Å²) >= 11 is 0. The van der Waals surface area contributed by atoms with E-state index < -0.39 is 12.3 Å². The van der Waals surface area contributed by atoms with Crippen molar-refractivity contribution in [3.63, 3.8) is 0 Å². The van der Waals surface area contributed by atoms with Gasteiger partial charge in [0, 0.05) is 25.7 Å². The van der Waals surface area contributed by atoms with Crippen molar-refractivity contribution in [2.75, 3.05) is 31.1 Å². The molecule has 0 spiro atoms. The highest BCUT2D eigenvalue weighted by molar-refractivity contribution is 5.90. The van der Waals surface area contributed by atoms with Gasteiger partial charge in [-0.2, -0.15) is 0 Å². The van der Waals surface area contributed by atoms with E-state index in [0.29, 0.717) is 31.6 Å². The number of amides is 2. The predicted octanol–water partition coefficient (Wildman–Crippen LogP) is 0.364. The number of carbonyl (C=O) groups excluding carboxylic acids is 3. The molecule has 26 heavy (non-hydrogen) atoms. The zero-order valence-electron chi connectivity index (χ0n) is 14.4. The monoisotopic (exact) mass is 359 g/mol. The fourth-order valence-electron chi connectivity index (χ4n) is 3.02. The van der Waals surface area contributed by atoms with Crippen molar-refractivity contribution in [1.82, 2.24) is 10.2 Å². The van der Waals surface area contributed by atoms with Crippen LogP contribution in [0.3, 0.4) is 0 Å². The first-order chi connectivity index (χ1) is 12.5. The largest absolute Gasteiger partial charge is 0.442 e. The molecule has 0 aliphatic carbocycles. The van der Waals surface area contributed by atoms with Gasteiger partial charge in [-0.15, -0.1) is 0 Å². The first-order valence-electron chi connectivity index (χ1n) is 8.37. The van der Waals surface area contributed by atoms with Gasteiger partial charge in [0.05, 0.1) is 13.1 Å². The van der Waals surface area contributed by atoms with E-state index in [-0.39, 0.29) is 18.6 Å². The summed E-state index contributed by atoms with van der Waals surface area (Å²) in [6.07, 6.45) is 0.573. The predicted molar refractivity (Wildman–Crippen MR) is 94.4 cm³/mol. The van der Waals surface area contributed by atoms with E-state index in [4.69, 9.17) is 4.74 Å². The van der Waals surface area contributed by atoms with Crippen molar-refractivity contribution in [3.8, 4) is 0 Å². The van der Waals surface area contributed by atoms with Crippen LogP contribution in [0.1, 0.15) is 12.5 Å². The van der Waals surface area contributed by atoms with E-state index in [9.17, 15) is 19.5 Å². The van der Waals surface area contributed by atoms with Gasteiger partial charge in [-0.3, -0.25) is 19.4 Å². The Kier molecular flexibility index (Phi) is 5.34. The number of benzene rings is 1. The van der Waals surface area contributed by atoms with Crippen LogP contribution in [0.5, 0.6) is 0 Å². The lowest BCUT2D eigenvalue weighted by atomic mass is 10.1. The number of cyclic esters (lactones) is 1. The standard InChI is InChI=1S/C18H21N3O5/c1-12(23)19-8-16-10-21(18(25)26-16)15-4-2-13(3-5-15)14-6-7-20(9-14)17(24)11-22/h2-6,11,16-17,24H,7-10H2,1H3,(H,19,23)/t16-,17-/m0/s1. The van der Waals surface area contributed by atoms with Gasteiger partial charge in [-0.1, -0.05) is 18.2 Å². The molecule has 8 nitrogen and oxygen atoms in total. The van der Waals surface area contributed by atoms with Gasteiger partial charge in [0.2, 0.25) is 5.91 Å². The summed E-state index contributed by atoms with van der Waals surface area (Å²) < 4.78 is 5.25. The minimum Gasteiger partial charge on any atom is -0.442 e. The lowest BCUT2D eigenvalue weighted by Crippen LogP contribution is -2.34. The van der Waals surface area contributed by atoms with E-state index in [1.54, 1.807) is 4.90 Å². The highest BCUT2D eigenvalue weighted by Gasteiger charge is 2.32. The molecule has 0 radical (unpaired) electrons. The average molecular weight is 359 g/mol. The zero-order valence-corrected chi connectivity index (χ0v) is 14.4. The lowest BCUT2D eigenvalue weighted by molar-refractivity contribution is -0.122. The Hall–Kier alpha value is -2.71. The van der Waals surface area contributed by atoms with Crippen LogP contribution in [0.2, 0.25) is 0 Å². The van der Waals surface area contributed by atoms with Gasteiger partial charge < -0.3 is 15.2 Å². The molecule has 2 aliphatic heterocycles. The van der Waals surface area contributed by atoms with Gasteiger partial charge in [0.25, 0.3) is 0 Å². The smallest absolute Gasteiger partial charge is 0.414 e. The van der Waals surface area contributed by atoms with Gasteiger partial charge in [0.15, 0.2) is 12.5 Å². The fraction of sp³-hybridized carbons (Fsp3) is 0.389. The number of hydrogen-bond donors (Lipinski definition) is 2. The average Bonchev–Trinajstić information content (AvgIpc) is 3.26. The molecule has 2 heterocycles. The Morgan fingerprint density at radius 3 is 2.81 bits per heavy atom. The summed E-state index contributed by atoms with van der Waals surface area (Å²) in [4.78, 5) is 36.9. The van der Waals surface area contributed by atoms with Crippen molar-refractivity contribution in [3.05, 3.63) is 35.9 Å². The molecule has 0 unspecified atom stereocenters. The third-order valence-corrected chi connectivity index (χ3v) is 4.44. The fourth-order valence-corrected chi connectivity index (χ4v) is 3.02. The number of hydrogen-bond acceptors (Lipinski definition) is 6. The molecule has 2 N–H and O–H groups in total. The summed E-state index contributed by atoms with van der Waals surface area (Å²) in [5, 5.41) is 12.2. The first-order valence-corrected chi connectivity index (χ1v) is 8.37. The van der Waals surface area contributed by atoms with Crippen LogP contribution in [0, 0.1) is 0 Å². The van der Waals surface area contributed by atoms with Gasteiger partial charge in [0.1, 0.15) is 6.10 Å². The number of ether oxygens (including phenoxy) is 1. The Morgan fingerprint density at radius 1 is 1.42 bits per heavy atom. The lowest BCUT2D eigenvalue weighted by Gasteiger charge is -2.18. The second kappa shape index (κ2) is 7.67. The number of aliphatic hydroxyl groups is 1. The molecule has 1 aromatic rings. The van der Waals surface area contributed by atoms with Crippen LogP contribution in [-0.2, 0) is 14.3 Å². The number of nitrogens with zero attached hydrogens (tertiary/aromatic N) is 2. The molecule has 1 fully saturated rings. The number of aldehydes is 1. The minimum atomic E-state index is -1.09. The van der Waals surface area contributed by atoms with Crippen LogP contribution in [0.25, 0.3) is 5.57 Å². The first kappa shape index (κ1) is 18.1. The summed E-state index contributed by atoms with van der Waals surface area (Å²) in [6.45, 7) is 3.09. The van der Waals surface area contributed by atoms with Crippen LogP contribution < -0.4 is 10.2 Å². The van der Waals surface area contributed by atoms with Crippen LogP contribution in [0.15, 0.2) is 30.3 Å². The quantitative estimate of drug-likeness (QED) is 0.712. The topological polar surface area (TPSA) is 99.2 Å². The highest BCUT2D eigenvalue weighted by atomic mass is 16.6. The van der Waals surface area contributed by atoms with E-state index in [1.165, 1.54) is 11.8 Å². The van der Waals surface area contributed by atoms with E-state index in [0.717, 1.165) is 11.1 Å². The van der Waals surface area contributed by atoms with Crippen LogP contribution >= 0.6 is 0 Å². The minimum absolute atomic E-state index is 0.164. The van der Waals surface area contributed by atoms with Gasteiger partial charge >= 0.3 is 6.09 Å². The molecule has 2 atom stereocenters. The van der Waals surface area contributed by atoms with Crippen LogP contribution in [-0.4, -0.2) is 66.8 Å². The van der Waals surface area contributed by atoms with Crippen molar-refractivity contribution in [1.29, 1.82) is 0 Å². The Balaban J connectivity index is 1.62. The molecule has 8 heteroatoms. The molecule has 1 saturated heterocycles. The normalized spacial score (nSPS) is 21.3. The van der Waals surface area contributed by atoms with E-state index in [1.807, 2.05) is 30.3 Å². The third-order valence-electron chi connectivity index (χ3n) is 4.44. The van der Waals surface area contributed by atoms with E-state index in [2.05, 4.69) is 5.32 Å². The molecule has 0 saturated carbocycles. The second-order valence-electron chi connectivity index (χ2n) is 6.31. The van der Waals surface area contributed by atoms with E-state index >= 15 is 0 Å². The number of aliphatic hydroxyl groups excluding tert-OH is 1. The van der Waals surface area contributed by atoms with Crippen molar-refractivity contribution < 1.29 is 24.2 Å². The SMILES string of the molecule is CC(=O)NC[C@H]1CN(c2ccc(C3=CCN([C@@H](O)C=O)C3)cc2)C(=O)O1. The summed E-state index contributed by atoms with van der Waals surface area (Å²) in [7, 11) is 0. The molecule has 0 bridgehead atoms. The summed E-state index contributed by atoms with van der Waals surface area (Å²) in [5.74, 6) is -0.164. The van der Waals surface area contributed by atoms with Crippen molar-refractivity contribution in [2.45, 2.75) is 19.3 Å². The number of rotatable bonds is 6. The summed E-state index contributed by atoms with van der Waals surface area (Å²) in [6, 6.07) is 7.45. The molecule has 2 aliphatic rings. The molecule has 0 aromatic heterocycles. The summed E-state index contributed by atoms with van der Waals surface area (Å²) in [5.41, 5.74) is 2.70. The Morgan fingerprint density at radius 2 is 2.15 bits per heavy atom. The van der Waals surface area contributed by atoms with Crippen molar-refractivity contribution >= 4 is 29.5 Å². The Bertz CT molecular complexity index is 731. The zero-order chi connectivity index (χ0) is 18.7. The Labute approximate surface area is 151 Å². The molecule has 1 aromatic carbocycles. The number of carbonyl (C=O) groups is 3. The molecular formula is C18H21N3O5. The second-order valence-corrected chi connectivity index (χ2v) is 6.31. The van der Waals surface area contributed by atoms with Gasteiger partial charge in [-0.05, 0) is 23.3 Å². The maximum absolute atomic E-state index is 12.0. The maximum atomic E-state index is 12.0. The van der Waals surface area contributed by atoms with Gasteiger partial charge in [-0.25, -0.2) is 4.79 Å². The molecule has 3 rings (SSSR count). The number of nitrogens with one attached hydrogen (secondary N) is 1. The molecule has 138 valence electrons. The molecule has 2 amide bonds. The third kappa shape index (κ3) is 3.92. The molecular weight excluding hydrogens is 338 g/mol. The van der Waals surface area contributed by atoms with Crippen LogP contribution in [0.4, 0.5) is 10.5 Å². The maximum Gasteiger partial charge on any atom is 0.414 e. The van der Waals surface area contributed by atoms with Crippen molar-refractivity contribution in [2.24, 2.45) is 0 Å². The number of anilines is 1. The highest BCUT2D eigenvalue weighted by Crippen LogP contribution is 2.26.